The Labute approximate surface area is 207 Å². The number of carbonyl (C=O) groups is 2. The summed E-state index contributed by atoms with van der Waals surface area (Å²) < 4.78 is 34.8. The Bertz CT molecular complexity index is 1520. The van der Waals surface area contributed by atoms with E-state index < -0.39 is 27.8 Å². The molecule has 2 aliphatic heterocycles. The zero-order chi connectivity index (χ0) is 25.8. The summed E-state index contributed by atoms with van der Waals surface area (Å²) in [4.78, 5) is 29.5. The molecule has 5 rings (SSSR count). The third kappa shape index (κ3) is 3.91. The molecule has 2 aromatic carbocycles. The van der Waals surface area contributed by atoms with Gasteiger partial charge in [-0.3, -0.25) is 14.5 Å². The second-order valence-electron chi connectivity index (χ2n) is 8.61. The number of anilines is 2. The first-order chi connectivity index (χ1) is 17.1. The summed E-state index contributed by atoms with van der Waals surface area (Å²) in [5.41, 5.74) is 1.16. The van der Waals surface area contributed by atoms with Crippen LogP contribution in [0.4, 0.5) is 11.4 Å². The van der Waals surface area contributed by atoms with Gasteiger partial charge in [0, 0.05) is 18.3 Å². The van der Waals surface area contributed by atoms with E-state index in [1.54, 1.807) is 37.3 Å². The van der Waals surface area contributed by atoms with Crippen LogP contribution in [0.1, 0.15) is 23.1 Å². The number of ketones is 1. The zero-order valence-corrected chi connectivity index (χ0v) is 20.3. The van der Waals surface area contributed by atoms with Crippen LogP contribution >= 0.6 is 0 Å². The Morgan fingerprint density at radius 3 is 2.44 bits per heavy atom. The van der Waals surface area contributed by atoms with Gasteiger partial charge in [-0.25, -0.2) is 13.6 Å². The molecule has 10 nitrogen and oxygen atoms in total. The predicted molar refractivity (Wildman–Crippen MR) is 131 cm³/mol. The molecule has 0 aliphatic carbocycles. The fourth-order valence-electron chi connectivity index (χ4n) is 4.42. The van der Waals surface area contributed by atoms with Crippen LogP contribution in [0.5, 0.6) is 5.75 Å². The van der Waals surface area contributed by atoms with E-state index in [4.69, 9.17) is 14.3 Å². The lowest BCUT2D eigenvalue weighted by atomic mass is 9.98. The number of benzene rings is 2. The van der Waals surface area contributed by atoms with Crippen molar-refractivity contribution in [1.82, 2.24) is 0 Å². The Balaban J connectivity index is 1.67. The molecule has 1 fully saturated rings. The molecule has 0 bridgehead atoms. The largest absolute Gasteiger partial charge is 0.507 e. The number of likely N-dealkylation sites (N-methyl/N-ethyl adjacent to an activating group) is 1. The van der Waals surface area contributed by atoms with Gasteiger partial charge in [-0.2, -0.15) is 0 Å². The van der Waals surface area contributed by atoms with Crippen molar-refractivity contribution in [3.8, 4) is 5.75 Å². The highest BCUT2D eigenvalue weighted by atomic mass is 32.2. The number of ether oxygens (including phenoxy) is 1. The van der Waals surface area contributed by atoms with Crippen molar-refractivity contribution in [3.63, 3.8) is 0 Å². The Hall–Kier alpha value is -4.09. The molecule has 3 heterocycles. The third-order valence-corrected chi connectivity index (χ3v) is 7.18. The van der Waals surface area contributed by atoms with E-state index in [2.05, 4.69) is 0 Å². The highest BCUT2D eigenvalue weighted by Crippen LogP contribution is 2.43. The summed E-state index contributed by atoms with van der Waals surface area (Å²) in [5, 5.41) is 16.5. The lowest BCUT2D eigenvalue weighted by molar-refractivity contribution is -0.132. The second kappa shape index (κ2) is 8.54. The number of carbonyl (C=O) groups excluding carboxylic acids is 2. The molecular formula is C25H23N3O7S. The highest BCUT2D eigenvalue weighted by Gasteiger charge is 2.48. The van der Waals surface area contributed by atoms with Gasteiger partial charge in [0.2, 0.25) is 10.0 Å². The van der Waals surface area contributed by atoms with Crippen molar-refractivity contribution < 1.29 is 32.3 Å². The number of furan rings is 1. The smallest absolute Gasteiger partial charge is 0.300 e. The number of nitrogens with two attached hydrogens (primary N) is 1. The summed E-state index contributed by atoms with van der Waals surface area (Å²) >= 11 is 0. The van der Waals surface area contributed by atoms with Gasteiger partial charge < -0.3 is 19.2 Å². The van der Waals surface area contributed by atoms with E-state index in [1.165, 1.54) is 29.2 Å². The molecule has 1 saturated heterocycles. The Morgan fingerprint density at radius 2 is 1.81 bits per heavy atom. The molecule has 1 unspecified atom stereocenters. The van der Waals surface area contributed by atoms with Crippen LogP contribution in [0, 0.1) is 6.92 Å². The van der Waals surface area contributed by atoms with Crippen LogP contribution in [0.3, 0.4) is 0 Å². The van der Waals surface area contributed by atoms with Gasteiger partial charge in [0.1, 0.15) is 35.7 Å². The van der Waals surface area contributed by atoms with Gasteiger partial charge in [0.05, 0.1) is 22.7 Å². The average molecular weight is 510 g/mol. The number of nitrogens with zero attached hydrogens (tertiary/aromatic N) is 2. The molecule has 3 aromatic rings. The summed E-state index contributed by atoms with van der Waals surface area (Å²) in [5.74, 6) is -0.691. The number of amides is 1. The number of rotatable bonds is 4. The van der Waals surface area contributed by atoms with Crippen molar-refractivity contribution in [2.24, 2.45) is 5.14 Å². The van der Waals surface area contributed by atoms with E-state index in [-0.39, 0.29) is 27.7 Å². The van der Waals surface area contributed by atoms with Crippen molar-refractivity contribution in [2.75, 3.05) is 30.0 Å². The first kappa shape index (κ1) is 23.6. The maximum atomic E-state index is 13.3. The highest BCUT2D eigenvalue weighted by molar-refractivity contribution is 7.89. The second-order valence-corrected chi connectivity index (χ2v) is 10.2. The zero-order valence-electron chi connectivity index (χ0n) is 19.5. The fourth-order valence-corrected chi connectivity index (χ4v) is 4.93. The maximum absolute atomic E-state index is 13.3. The van der Waals surface area contributed by atoms with E-state index in [0.717, 1.165) is 5.69 Å². The van der Waals surface area contributed by atoms with Crippen LogP contribution in [0.25, 0.3) is 5.76 Å². The van der Waals surface area contributed by atoms with Crippen molar-refractivity contribution >= 4 is 38.8 Å². The van der Waals surface area contributed by atoms with Gasteiger partial charge in [-0.15, -0.1) is 0 Å². The quantitative estimate of drug-likeness (QED) is 0.310. The molecule has 11 heteroatoms. The molecule has 36 heavy (non-hydrogen) atoms. The molecule has 186 valence electrons. The van der Waals surface area contributed by atoms with Crippen LogP contribution < -0.4 is 19.7 Å². The minimum atomic E-state index is -3.95. The number of Topliss-reactive ketones (excluding diaryl/α,β-unsaturated/α-hetero) is 1. The van der Waals surface area contributed by atoms with Gasteiger partial charge in [0.15, 0.2) is 0 Å². The number of fused-ring (bicyclic) bond motifs is 1. The number of aliphatic hydroxyl groups excluding tert-OH is 1. The fraction of sp³-hybridized carbons (Fsp3) is 0.200. The SMILES string of the molecule is Cc1ccc(C2/C(=C(/O)c3ccc4c(c3)N(C)CCO4)C(=O)C(=O)N2c2ccc(S(N)(=O)=O)cc2)o1. The number of aryl methyl sites for hydroxylation is 1. The maximum Gasteiger partial charge on any atom is 0.300 e. The third-order valence-electron chi connectivity index (χ3n) is 6.25. The summed E-state index contributed by atoms with van der Waals surface area (Å²) in [6.45, 7) is 2.90. The van der Waals surface area contributed by atoms with Crippen molar-refractivity contribution in [2.45, 2.75) is 17.9 Å². The molecule has 0 radical (unpaired) electrons. The van der Waals surface area contributed by atoms with E-state index in [1.807, 2.05) is 11.9 Å². The van der Waals surface area contributed by atoms with E-state index in [9.17, 15) is 23.1 Å². The number of aliphatic hydroxyl groups is 1. The van der Waals surface area contributed by atoms with Crippen molar-refractivity contribution in [1.29, 1.82) is 0 Å². The molecule has 0 saturated carbocycles. The van der Waals surface area contributed by atoms with Crippen LogP contribution in [-0.4, -0.2) is 45.4 Å². The lowest BCUT2D eigenvalue weighted by Crippen LogP contribution is -2.29. The summed E-state index contributed by atoms with van der Waals surface area (Å²) in [7, 11) is -2.06. The normalized spacial score (nSPS) is 19.4. The molecule has 3 N–H and O–H groups in total. The first-order valence-corrected chi connectivity index (χ1v) is 12.6. The van der Waals surface area contributed by atoms with Gasteiger partial charge in [-0.1, -0.05) is 0 Å². The summed E-state index contributed by atoms with van der Waals surface area (Å²) in [6.07, 6.45) is 0. The van der Waals surface area contributed by atoms with E-state index in [0.29, 0.717) is 30.2 Å². The molecule has 1 atom stereocenters. The monoisotopic (exact) mass is 509 g/mol. The number of hydrogen-bond donors (Lipinski definition) is 2. The standard InChI is InChI=1S/C25H23N3O7S/c1-14-3-9-20(35-14)22-21(23(29)15-4-10-19-18(13-15)27(2)11-12-34-19)24(30)25(31)28(22)16-5-7-17(8-6-16)36(26,32)33/h3-10,13,22,29H,11-12H2,1-2H3,(H2,26,32,33)/b23-21-. The summed E-state index contributed by atoms with van der Waals surface area (Å²) in [6, 6.07) is 12.5. The van der Waals surface area contributed by atoms with E-state index >= 15 is 0 Å². The number of sulfonamides is 1. The topological polar surface area (TPSA) is 143 Å². The molecule has 1 amide bonds. The van der Waals surface area contributed by atoms with Crippen molar-refractivity contribution in [3.05, 3.63) is 77.3 Å². The molecular weight excluding hydrogens is 486 g/mol. The number of hydrogen-bond acceptors (Lipinski definition) is 8. The lowest BCUT2D eigenvalue weighted by Gasteiger charge is -2.28. The first-order valence-electron chi connectivity index (χ1n) is 11.0. The van der Waals surface area contributed by atoms with Crippen LogP contribution in [0.2, 0.25) is 0 Å². The number of primary sulfonamides is 1. The Kier molecular flexibility index (Phi) is 5.61. The predicted octanol–water partition coefficient (Wildman–Crippen LogP) is 2.69. The minimum absolute atomic E-state index is 0.145. The molecule has 0 spiro atoms. The van der Waals surface area contributed by atoms with Crippen LogP contribution in [0.15, 0.2) is 69.5 Å². The van der Waals surface area contributed by atoms with Gasteiger partial charge in [0.25, 0.3) is 11.7 Å². The van der Waals surface area contributed by atoms with Gasteiger partial charge in [-0.05, 0) is 61.5 Å². The Morgan fingerprint density at radius 1 is 1.08 bits per heavy atom. The van der Waals surface area contributed by atoms with Gasteiger partial charge >= 0.3 is 0 Å². The minimum Gasteiger partial charge on any atom is -0.507 e. The van der Waals surface area contributed by atoms with Crippen LogP contribution in [-0.2, 0) is 19.6 Å². The molecule has 1 aromatic heterocycles. The molecule has 2 aliphatic rings. The average Bonchev–Trinajstić information content (AvgIpc) is 3.39.